The third kappa shape index (κ3) is 2.79. The summed E-state index contributed by atoms with van der Waals surface area (Å²) < 4.78 is 10.3. The number of hydrogen-bond acceptors (Lipinski definition) is 5. The molecule has 0 spiro atoms. The van der Waals surface area contributed by atoms with Crippen molar-refractivity contribution in [3.05, 3.63) is 42.7 Å². The maximum atomic E-state index is 12.6. The van der Waals surface area contributed by atoms with E-state index in [1.165, 1.54) is 17.1 Å². The molecule has 0 bridgehead atoms. The number of piperazine rings is 1. The summed E-state index contributed by atoms with van der Waals surface area (Å²) in [5.41, 5.74) is 1.10. The molecule has 118 valence electrons. The molecule has 1 aliphatic rings. The number of hydrogen-bond donors (Lipinski definition) is 0. The molecule has 3 heterocycles. The molecule has 1 aliphatic heterocycles. The highest BCUT2D eigenvalue weighted by molar-refractivity contribution is 6.99. The fourth-order valence-electron chi connectivity index (χ4n) is 3.01. The smallest absolute Gasteiger partial charge is 0.242 e. The Labute approximate surface area is 138 Å². The van der Waals surface area contributed by atoms with Crippen LogP contribution in [-0.4, -0.2) is 50.3 Å². The van der Waals surface area contributed by atoms with Crippen molar-refractivity contribution in [2.45, 2.75) is 6.54 Å². The number of rotatable bonds is 3. The van der Waals surface area contributed by atoms with Gasteiger partial charge in [0.05, 0.1) is 17.9 Å². The van der Waals surface area contributed by atoms with Gasteiger partial charge in [0.25, 0.3) is 0 Å². The van der Waals surface area contributed by atoms with Crippen molar-refractivity contribution in [2.24, 2.45) is 0 Å². The van der Waals surface area contributed by atoms with Crippen LogP contribution in [0.1, 0.15) is 0 Å². The maximum absolute atomic E-state index is 12.6. The number of benzene rings is 1. The van der Waals surface area contributed by atoms with Crippen molar-refractivity contribution in [2.75, 3.05) is 31.1 Å². The van der Waals surface area contributed by atoms with E-state index in [1.54, 1.807) is 6.20 Å². The Morgan fingerprint density at radius 1 is 1.13 bits per heavy atom. The van der Waals surface area contributed by atoms with Crippen molar-refractivity contribution in [3.63, 3.8) is 0 Å². The molecule has 0 radical (unpaired) electrons. The minimum atomic E-state index is 0.169. The molecule has 2 aromatic heterocycles. The Balaban J connectivity index is 1.40. The quantitative estimate of drug-likeness (QED) is 0.737. The van der Waals surface area contributed by atoms with E-state index in [2.05, 4.69) is 31.8 Å². The molecule has 23 heavy (non-hydrogen) atoms. The van der Waals surface area contributed by atoms with Crippen LogP contribution in [0.5, 0.6) is 0 Å². The fraction of sp³-hybridized carbons (Fsp3) is 0.312. The minimum absolute atomic E-state index is 0.169. The second kappa shape index (κ2) is 6.00. The van der Waals surface area contributed by atoms with Crippen LogP contribution in [0.2, 0.25) is 0 Å². The van der Waals surface area contributed by atoms with Crippen molar-refractivity contribution >= 4 is 34.4 Å². The molecule has 3 aromatic rings. The molecule has 1 aromatic carbocycles. The lowest BCUT2D eigenvalue weighted by Gasteiger charge is -2.34. The molecule has 0 N–H and O–H groups in total. The van der Waals surface area contributed by atoms with E-state index in [0.29, 0.717) is 6.54 Å². The van der Waals surface area contributed by atoms with Crippen molar-refractivity contribution < 1.29 is 4.79 Å². The number of carbonyl (C=O) groups is 1. The SMILES string of the molecule is O=C(Cn1ccc2ccccc21)N1CCN(c2cnsn2)CC1. The van der Waals surface area contributed by atoms with Gasteiger partial charge in [-0.3, -0.25) is 4.79 Å². The molecule has 1 fully saturated rings. The van der Waals surface area contributed by atoms with E-state index >= 15 is 0 Å². The van der Waals surface area contributed by atoms with Gasteiger partial charge in [-0.2, -0.15) is 8.75 Å². The predicted molar refractivity (Wildman–Crippen MR) is 90.6 cm³/mol. The molecule has 4 rings (SSSR count). The summed E-state index contributed by atoms with van der Waals surface area (Å²) in [5, 5.41) is 1.17. The highest BCUT2D eigenvalue weighted by atomic mass is 32.1. The summed E-state index contributed by atoms with van der Waals surface area (Å²) in [6.07, 6.45) is 3.77. The van der Waals surface area contributed by atoms with E-state index in [1.807, 2.05) is 27.8 Å². The number of fused-ring (bicyclic) bond motifs is 1. The Hall–Kier alpha value is -2.41. The molecular formula is C16H17N5OS. The van der Waals surface area contributed by atoms with Gasteiger partial charge in [0.15, 0.2) is 5.82 Å². The van der Waals surface area contributed by atoms with Crippen LogP contribution in [0.4, 0.5) is 5.82 Å². The van der Waals surface area contributed by atoms with Gasteiger partial charge in [0.2, 0.25) is 5.91 Å². The largest absolute Gasteiger partial charge is 0.351 e. The summed E-state index contributed by atoms with van der Waals surface area (Å²) in [7, 11) is 0. The van der Waals surface area contributed by atoms with Crippen LogP contribution in [0.3, 0.4) is 0 Å². The number of amides is 1. The standard InChI is InChI=1S/C16H17N5OS/c22-16(12-21-6-5-13-3-1-2-4-14(13)21)20-9-7-19(8-10-20)15-11-17-23-18-15/h1-6,11H,7-10,12H2. The highest BCUT2D eigenvalue weighted by Crippen LogP contribution is 2.17. The predicted octanol–water partition coefficient (Wildman–Crippen LogP) is 1.84. The topological polar surface area (TPSA) is 54.3 Å². The van der Waals surface area contributed by atoms with Crippen LogP contribution >= 0.6 is 11.7 Å². The molecule has 6 nitrogen and oxygen atoms in total. The van der Waals surface area contributed by atoms with Gasteiger partial charge >= 0.3 is 0 Å². The molecule has 0 unspecified atom stereocenters. The van der Waals surface area contributed by atoms with Crippen molar-refractivity contribution in [1.82, 2.24) is 18.2 Å². The monoisotopic (exact) mass is 327 g/mol. The summed E-state index contributed by atoms with van der Waals surface area (Å²) in [5.74, 6) is 1.08. The van der Waals surface area contributed by atoms with Gasteiger partial charge in [-0.05, 0) is 17.5 Å². The second-order valence-electron chi connectivity index (χ2n) is 5.64. The zero-order valence-electron chi connectivity index (χ0n) is 12.6. The van der Waals surface area contributed by atoms with Gasteiger partial charge < -0.3 is 14.4 Å². The molecule has 7 heteroatoms. The second-order valence-corrected chi connectivity index (χ2v) is 6.19. The number of carbonyl (C=O) groups excluding carboxylic acids is 1. The van der Waals surface area contributed by atoms with E-state index < -0.39 is 0 Å². The van der Waals surface area contributed by atoms with Crippen molar-refractivity contribution in [1.29, 1.82) is 0 Å². The average Bonchev–Trinajstić information content (AvgIpc) is 3.25. The highest BCUT2D eigenvalue weighted by Gasteiger charge is 2.22. The van der Waals surface area contributed by atoms with Crippen LogP contribution in [0.25, 0.3) is 10.9 Å². The van der Waals surface area contributed by atoms with Gasteiger partial charge in [-0.25, -0.2) is 0 Å². The van der Waals surface area contributed by atoms with Gasteiger partial charge in [-0.1, -0.05) is 18.2 Å². The molecule has 0 saturated carbocycles. The number of anilines is 1. The van der Waals surface area contributed by atoms with Crippen molar-refractivity contribution in [3.8, 4) is 0 Å². The lowest BCUT2D eigenvalue weighted by Crippen LogP contribution is -2.49. The van der Waals surface area contributed by atoms with Crippen LogP contribution in [-0.2, 0) is 11.3 Å². The molecule has 1 saturated heterocycles. The number of para-hydroxylation sites is 1. The van der Waals surface area contributed by atoms with E-state index in [9.17, 15) is 4.79 Å². The zero-order chi connectivity index (χ0) is 15.6. The summed E-state index contributed by atoms with van der Waals surface area (Å²) in [6.45, 7) is 3.48. The first-order valence-electron chi connectivity index (χ1n) is 7.65. The van der Waals surface area contributed by atoms with Gasteiger partial charge in [0, 0.05) is 37.9 Å². The Morgan fingerprint density at radius 3 is 2.74 bits per heavy atom. The Kier molecular flexibility index (Phi) is 3.70. The average molecular weight is 327 g/mol. The molecule has 0 aliphatic carbocycles. The minimum Gasteiger partial charge on any atom is -0.351 e. The Bertz CT molecular complexity index is 805. The van der Waals surface area contributed by atoms with Crippen LogP contribution < -0.4 is 4.90 Å². The summed E-state index contributed by atoms with van der Waals surface area (Å²) in [6, 6.07) is 10.2. The third-order valence-electron chi connectivity index (χ3n) is 4.29. The lowest BCUT2D eigenvalue weighted by atomic mass is 10.2. The first kappa shape index (κ1) is 14.2. The summed E-state index contributed by atoms with van der Waals surface area (Å²) >= 11 is 1.22. The van der Waals surface area contributed by atoms with Crippen LogP contribution in [0, 0.1) is 0 Å². The molecule has 1 amide bonds. The normalized spacial score (nSPS) is 15.3. The molecule has 0 atom stereocenters. The first-order valence-corrected chi connectivity index (χ1v) is 8.38. The lowest BCUT2D eigenvalue weighted by molar-refractivity contribution is -0.132. The zero-order valence-corrected chi connectivity index (χ0v) is 13.4. The van der Waals surface area contributed by atoms with Crippen LogP contribution in [0.15, 0.2) is 42.7 Å². The maximum Gasteiger partial charge on any atom is 0.242 e. The number of aromatic nitrogens is 3. The summed E-state index contributed by atoms with van der Waals surface area (Å²) in [4.78, 5) is 16.7. The number of nitrogens with zero attached hydrogens (tertiary/aromatic N) is 5. The van der Waals surface area contributed by atoms with Gasteiger partial charge in [-0.15, -0.1) is 0 Å². The van der Waals surface area contributed by atoms with E-state index in [0.717, 1.165) is 37.5 Å². The Morgan fingerprint density at radius 2 is 1.96 bits per heavy atom. The molecular weight excluding hydrogens is 310 g/mol. The van der Waals surface area contributed by atoms with E-state index in [4.69, 9.17) is 0 Å². The van der Waals surface area contributed by atoms with Gasteiger partial charge in [0.1, 0.15) is 6.54 Å². The third-order valence-corrected chi connectivity index (χ3v) is 4.76. The fourth-order valence-corrected chi connectivity index (χ4v) is 3.44. The first-order chi connectivity index (χ1) is 11.3. The van der Waals surface area contributed by atoms with E-state index in [-0.39, 0.29) is 5.91 Å².